The van der Waals surface area contributed by atoms with Gasteiger partial charge in [0.2, 0.25) is 17.6 Å². The molecule has 1 unspecified atom stereocenters. The third kappa shape index (κ3) is 9.34. The first kappa shape index (κ1) is 37.1. The average Bonchev–Trinajstić information content (AvgIpc) is 3.77. The maximum atomic E-state index is 14.2. The van der Waals surface area contributed by atoms with E-state index in [1.807, 2.05) is 69.2 Å². The fraction of sp³-hybridized carbons (Fsp3) is 0.818. The minimum atomic E-state index is -1.11. The van der Waals surface area contributed by atoms with E-state index >= 15 is 0 Å². The summed E-state index contributed by atoms with van der Waals surface area (Å²) < 4.78 is 10.4. The van der Waals surface area contributed by atoms with Crippen LogP contribution < -0.4 is 21.7 Å². The third-order valence-electron chi connectivity index (χ3n) is 9.42. The first-order chi connectivity index (χ1) is 21.0. The largest absolute Gasteiger partial charge is 0.508 e. The number of amides is 5. The number of rotatable bonds is 13. The molecular weight excluding hydrogens is 594 g/mol. The van der Waals surface area contributed by atoms with Crippen LogP contribution in [0, 0.1) is 39.9 Å². The van der Waals surface area contributed by atoms with Gasteiger partial charge in [0.1, 0.15) is 18.7 Å². The van der Waals surface area contributed by atoms with Gasteiger partial charge in [-0.2, -0.15) is 0 Å². The van der Waals surface area contributed by atoms with Crippen molar-refractivity contribution >= 4 is 35.7 Å². The standard InChI is InChI=1S/C33H55N5O8/c1-17(2)21(15-45-30(44)46-16-31(3,4)5)36-29(43)37-25(32(6,7)8)28(42)38-14-19-22(33(19,9)10)23(38)27(41)35-20(13-18-11-12-18)24(39)26(34)40/h17-23,25H,11-16H2,1-10H3,(H2,34,40)(H,35,41)(H2,36,37,43)/t19-,20?,21+,22-,23-,25+/m0/s1. The summed E-state index contributed by atoms with van der Waals surface area (Å²) in [6, 6.07) is -4.12. The Labute approximate surface area is 272 Å². The molecule has 3 rings (SSSR count). The van der Waals surface area contributed by atoms with Crippen molar-refractivity contribution < 1.29 is 38.2 Å². The lowest BCUT2D eigenvalue weighted by Crippen LogP contribution is -2.62. The molecule has 2 aliphatic carbocycles. The summed E-state index contributed by atoms with van der Waals surface area (Å²) in [6.07, 6.45) is 1.32. The number of carbonyl (C=O) groups excluding carboxylic acids is 6. The van der Waals surface area contributed by atoms with Crippen LogP contribution in [-0.2, 0) is 28.7 Å². The van der Waals surface area contributed by atoms with Crippen LogP contribution in [0.5, 0.6) is 0 Å². The predicted octanol–water partition coefficient (Wildman–Crippen LogP) is 2.75. The lowest BCUT2D eigenvalue weighted by molar-refractivity contribution is -0.145. The van der Waals surface area contributed by atoms with Crippen LogP contribution in [0.3, 0.4) is 0 Å². The van der Waals surface area contributed by atoms with Gasteiger partial charge >= 0.3 is 12.2 Å². The topological polar surface area (TPSA) is 186 Å². The molecule has 3 fully saturated rings. The maximum absolute atomic E-state index is 14.2. The van der Waals surface area contributed by atoms with Gasteiger partial charge in [0.25, 0.3) is 5.91 Å². The van der Waals surface area contributed by atoms with E-state index < -0.39 is 65.3 Å². The highest BCUT2D eigenvalue weighted by molar-refractivity contribution is 6.37. The van der Waals surface area contributed by atoms with E-state index in [-0.39, 0.29) is 47.7 Å². The van der Waals surface area contributed by atoms with E-state index in [1.165, 1.54) is 4.90 Å². The Morgan fingerprint density at radius 2 is 1.54 bits per heavy atom. The number of fused-ring (bicyclic) bond motifs is 1. The van der Waals surface area contributed by atoms with E-state index in [1.54, 1.807) is 0 Å². The first-order valence-corrected chi connectivity index (χ1v) is 16.4. The number of nitrogens with zero attached hydrogens (tertiary/aromatic N) is 1. The molecule has 2 saturated carbocycles. The third-order valence-corrected chi connectivity index (χ3v) is 9.42. The highest BCUT2D eigenvalue weighted by Crippen LogP contribution is 2.65. The number of hydrogen-bond donors (Lipinski definition) is 4. The molecule has 46 heavy (non-hydrogen) atoms. The van der Waals surface area contributed by atoms with Gasteiger partial charge in [-0.15, -0.1) is 0 Å². The molecule has 0 spiro atoms. The Morgan fingerprint density at radius 1 is 0.935 bits per heavy atom. The Kier molecular flexibility index (Phi) is 11.1. The van der Waals surface area contributed by atoms with Crippen molar-refractivity contribution in [1.82, 2.24) is 20.9 Å². The summed E-state index contributed by atoms with van der Waals surface area (Å²) in [5.74, 6) is -2.83. The summed E-state index contributed by atoms with van der Waals surface area (Å²) in [4.78, 5) is 79.2. The fourth-order valence-corrected chi connectivity index (χ4v) is 6.19. The molecule has 260 valence electrons. The molecule has 1 aliphatic heterocycles. The molecule has 1 saturated heterocycles. The van der Waals surface area contributed by atoms with E-state index in [2.05, 4.69) is 16.0 Å². The molecule has 0 aromatic rings. The van der Waals surface area contributed by atoms with Crippen molar-refractivity contribution in [3.8, 4) is 0 Å². The zero-order valence-electron chi connectivity index (χ0n) is 29.2. The van der Waals surface area contributed by atoms with Crippen LogP contribution in [-0.4, -0.2) is 84.5 Å². The second-order valence-electron chi connectivity index (χ2n) is 16.5. The number of Topliss-reactive ketones (excluding diaryl/α,β-unsaturated/α-hetero) is 1. The number of carbonyl (C=O) groups is 6. The Morgan fingerprint density at radius 3 is 2.04 bits per heavy atom. The van der Waals surface area contributed by atoms with Gasteiger partial charge in [0, 0.05) is 6.54 Å². The summed E-state index contributed by atoms with van der Waals surface area (Å²) in [5, 5.41) is 8.38. The van der Waals surface area contributed by atoms with E-state index in [4.69, 9.17) is 15.2 Å². The molecule has 5 N–H and O–H groups in total. The molecular formula is C33H55N5O8. The van der Waals surface area contributed by atoms with E-state index in [9.17, 15) is 28.8 Å². The van der Waals surface area contributed by atoms with Crippen LogP contribution in [0.25, 0.3) is 0 Å². The van der Waals surface area contributed by atoms with Gasteiger partial charge in [0.05, 0.1) is 18.7 Å². The molecule has 0 radical (unpaired) electrons. The minimum Gasteiger partial charge on any atom is -0.434 e. The molecule has 0 aromatic heterocycles. The van der Waals surface area contributed by atoms with Gasteiger partial charge in [-0.25, -0.2) is 9.59 Å². The Bertz CT molecular complexity index is 1200. The molecule has 0 bridgehead atoms. The number of urea groups is 1. The van der Waals surface area contributed by atoms with Gasteiger partial charge < -0.3 is 36.1 Å². The average molecular weight is 650 g/mol. The number of hydrogen-bond acceptors (Lipinski definition) is 8. The monoisotopic (exact) mass is 649 g/mol. The first-order valence-electron chi connectivity index (χ1n) is 16.4. The smallest absolute Gasteiger partial charge is 0.434 e. The molecule has 5 amide bonds. The number of likely N-dealkylation sites (tertiary alicyclic amines) is 1. The minimum absolute atomic E-state index is 0.0656. The van der Waals surface area contributed by atoms with Gasteiger partial charge in [-0.1, -0.05) is 82.1 Å². The number of ketones is 1. The lowest BCUT2D eigenvalue weighted by Gasteiger charge is -2.38. The van der Waals surface area contributed by atoms with Crippen LogP contribution in [0.15, 0.2) is 0 Å². The summed E-state index contributed by atoms with van der Waals surface area (Å²) in [5.41, 5.74) is 4.12. The zero-order valence-corrected chi connectivity index (χ0v) is 29.2. The summed E-state index contributed by atoms with van der Waals surface area (Å²) in [7, 11) is 0. The number of piperidine rings is 1. The van der Waals surface area contributed by atoms with Crippen molar-refractivity contribution in [3.63, 3.8) is 0 Å². The van der Waals surface area contributed by atoms with Gasteiger partial charge in [-0.05, 0) is 46.3 Å². The molecule has 3 aliphatic rings. The van der Waals surface area contributed by atoms with Crippen LogP contribution >= 0.6 is 0 Å². The molecule has 0 aromatic carbocycles. The van der Waals surface area contributed by atoms with E-state index in [0.29, 0.717) is 13.0 Å². The lowest BCUT2D eigenvalue weighted by atomic mass is 9.85. The van der Waals surface area contributed by atoms with Crippen LogP contribution in [0.2, 0.25) is 0 Å². The number of nitrogens with two attached hydrogens (primary N) is 1. The molecule has 6 atom stereocenters. The normalized spacial score (nSPS) is 23.8. The van der Waals surface area contributed by atoms with Crippen molar-refractivity contribution in [2.24, 2.45) is 45.7 Å². The molecule has 1 heterocycles. The quantitative estimate of drug-likeness (QED) is 0.173. The molecule has 13 nitrogen and oxygen atoms in total. The van der Waals surface area contributed by atoms with Crippen LogP contribution in [0.1, 0.15) is 88.5 Å². The second kappa shape index (κ2) is 13.8. The number of primary amides is 1. The number of ether oxygens (including phenoxy) is 2. The van der Waals surface area contributed by atoms with Crippen molar-refractivity contribution in [2.45, 2.75) is 113 Å². The summed E-state index contributed by atoms with van der Waals surface area (Å²) in [6.45, 7) is 19.4. The SMILES string of the molecule is CC(C)[C@@H](COC(=O)OCC(C)(C)C)NC(=O)N[C@H](C(=O)N1C[C@H]2[C@@H]([C@H]1C(=O)NC(CC1CC1)C(=O)C(N)=O)C2(C)C)C(C)(C)C. The number of nitrogens with one attached hydrogen (secondary N) is 3. The highest BCUT2D eigenvalue weighted by atomic mass is 16.7. The second-order valence-corrected chi connectivity index (χ2v) is 16.5. The fourth-order valence-electron chi connectivity index (χ4n) is 6.19. The predicted molar refractivity (Wildman–Crippen MR) is 170 cm³/mol. The van der Waals surface area contributed by atoms with Crippen LogP contribution in [0.4, 0.5) is 9.59 Å². The Balaban J connectivity index is 1.73. The van der Waals surface area contributed by atoms with Gasteiger partial charge in [0.15, 0.2) is 0 Å². The van der Waals surface area contributed by atoms with E-state index in [0.717, 1.165) is 12.8 Å². The van der Waals surface area contributed by atoms with Crippen molar-refractivity contribution in [1.29, 1.82) is 0 Å². The summed E-state index contributed by atoms with van der Waals surface area (Å²) >= 11 is 0. The molecule has 13 heteroatoms. The Hall–Kier alpha value is -3.38. The zero-order chi connectivity index (χ0) is 34.9. The van der Waals surface area contributed by atoms with Gasteiger partial charge in [-0.3, -0.25) is 19.2 Å². The highest BCUT2D eigenvalue weighted by Gasteiger charge is 2.70. The van der Waals surface area contributed by atoms with Crippen molar-refractivity contribution in [2.75, 3.05) is 19.8 Å². The van der Waals surface area contributed by atoms with Crippen molar-refractivity contribution in [3.05, 3.63) is 0 Å². The maximum Gasteiger partial charge on any atom is 0.508 e.